The molecule has 0 aliphatic heterocycles. The fourth-order valence-corrected chi connectivity index (χ4v) is 3.69. The van der Waals surface area contributed by atoms with Crippen molar-refractivity contribution >= 4 is 0 Å². The van der Waals surface area contributed by atoms with E-state index in [1.165, 1.54) is 25.7 Å². The van der Waals surface area contributed by atoms with Gasteiger partial charge in [-0.2, -0.15) is 0 Å². The van der Waals surface area contributed by atoms with E-state index in [0.29, 0.717) is 6.54 Å². The molecule has 2 aliphatic rings. The minimum atomic E-state index is -0.159. The zero-order valence-corrected chi connectivity index (χ0v) is 8.50. The van der Waals surface area contributed by atoms with Crippen LogP contribution in [-0.2, 0) is 0 Å². The summed E-state index contributed by atoms with van der Waals surface area (Å²) in [4.78, 5) is 0. The second-order valence-electron chi connectivity index (χ2n) is 4.94. The second kappa shape index (κ2) is 3.25. The molecular formula is C11H21NO. The van der Waals surface area contributed by atoms with Gasteiger partial charge in [-0.3, -0.25) is 0 Å². The van der Waals surface area contributed by atoms with Crippen LogP contribution in [0.3, 0.4) is 0 Å². The zero-order chi connectivity index (χ0) is 9.47. The lowest BCUT2D eigenvalue weighted by molar-refractivity contribution is -0.0130. The van der Waals surface area contributed by atoms with Crippen LogP contribution in [0.15, 0.2) is 0 Å². The first-order chi connectivity index (χ1) is 6.23. The Hall–Kier alpha value is -0.0800. The van der Waals surface area contributed by atoms with Crippen LogP contribution in [-0.4, -0.2) is 17.8 Å². The number of rotatable bonds is 3. The Labute approximate surface area is 80.5 Å². The summed E-state index contributed by atoms with van der Waals surface area (Å²) >= 11 is 0. The summed E-state index contributed by atoms with van der Waals surface area (Å²) in [5.41, 5.74) is 5.97. The van der Waals surface area contributed by atoms with Crippen molar-refractivity contribution in [1.82, 2.24) is 0 Å². The highest BCUT2D eigenvalue weighted by Crippen LogP contribution is 2.57. The van der Waals surface area contributed by atoms with Crippen molar-refractivity contribution in [3.63, 3.8) is 0 Å². The molecule has 0 aromatic heterocycles. The van der Waals surface area contributed by atoms with Crippen molar-refractivity contribution in [3.05, 3.63) is 0 Å². The van der Waals surface area contributed by atoms with Crippen molar-refractivity contribution in [2.45, 2.75) is 45.1 Å². The summed E-state index contributed by atoms with van der Waals surface area (Å²) in [7, 11) is 0. The molecule has 2 nitrogen and oxygen atoms in total. The minimum absolute atomic E-state index is 0.0949. The van der Waals surface area contributed by atoms with Gasteiger partial charge in [0, 0.05) is 12.0 Å². The summed E-state index contributed by atoms with van der Waals surface area (Å²) in [5, 5.41) is 10.1. The molecule has 0 heterocycles. The van der Waals surface area contributed by atoms with Crippen molar-refractivity contribution in [2.75, 3.05) is 6.54 Å². The average Bonchev–Trinajstić information content (AvgIpc) is 2.75. The molecule has 2 rings (SSSR count). The number of aliphatic hydroxyl groups is 1. The van der Waals surface area contributed by atoms with E-state index >= 15 is 0 Å². The number of aliphatic hydroxyl groups excluding tert-OH is 1. The highest BCUT2D eigenvalue weighted by molar-refractivity contribution is 5.04. The molecule has 2 heteroatoms. The standard InChI is InChI=1S/C11H21NO/c1-2-10(13)11(7-12)6-8-3-4-9(11)5-8/h8-10,13H,2-7,12H2,1H3. The quantitative estimate of drug-likeness (QED) is 0.697. The number of nitrogens with two attached hydrogens (primary N) is 1. The van der Waals surface area contributed by atoms with Gasteiger partial charge in [-0.25, -0.2) is 0 Å². The molecule has 0 spiro atoms. The van der Waals surface area contributed by atoms with E-state index in [0.717, 1.165) is 18.3 Å². The smallest absolute Gasteiger partial charge is 0.0608 e. The van der Waals surface area contributed by atoms with Crippen molar-refractivity contribution in [3.8, 4) is 0 Å². The van der Waals surface area contributed by atoms with Crippen LogP contribution >= 0.6 is 0 Å². The minimum Gasteiger partial charge on any atom is -0.393 e. The van der Waals surface area contributed by atoms with Crippen LogP contribution in [0.25, 0.3) is 0 Å². The summed E-state index contributed by atoms with van der Waals surface area (Å²) in [5.74, 6) is 1.59. The fraction of sp³-hybridized carbons (Fsp3) is 1.00. The first-order valence-electron chi connectivity index (χ1n) is 5.61. The Morgan fingerprint density at radius 1 is 1.54 bits per heavy atom. The van der Waals surface area contributed by atoms with E-state index < -0.39 is 0 Å². The van der Waals surface area contributed by atoms with Crippen LogP contribution in [0.5, 0.6) is 0 Å². The molecule has 2 saturated carbocycles. The van der Waals surface area contributed by atoms with Crippen LogP contribution < -0.4 is 5.73 Å². The Bertz CT molecular complexity index is 195. The molecule has 4 atom stereocenters. The van der Waals surface area contributed by atoms with E-state index in [-0.39, 0.29) is 11.5 Å². The lowest BCUT2D eigenvalue weighted by Gasteiger charge is -2.40. The third kappa shape index (κ3) is 1.23. The second-order valence-corrected chi connectivity index (χ2v) is 4.94. The van der Waals surface area contributed by atoms with E-state index in [9.17, 15) is 5.11 Å². The molecule has 2 fully saturated rings. The van der Waals surface area contributed by atoms with Gasteiger partial charge in [0.1, 0.15) is 0 Å². The maximum atomic E-state index is 10.1. The third-order valence-electron chi connectivity index (χ3n) is 4.45. The number of hydrogen-bond donors (Lipinski definition) is 2. The van der Waals surface area contributed by atoms with E-state index in [4.69, 9.17) is 5.73 Å². The monoisotopic (exact) mass is 183 g/mol. The summed E-state index contributed by atoms with van der Waals surface area (Å²) < 4.78 is 0. The molecule has 0 aromatic carbocycles. The zero-order valence-electron chi connectivity index (χ0n) is 8.50. The normalized spacial score (nSPS) is 45.5. The lowest BCUT2D eigenvalue weighted by atomic mass is 9.68. The molecule has 13 heavy (non-hydrogen) atoms. The third-order valence-corrected chi connectivity index (χ3v) is 4.45. The predicted molar refractivity (Wildman–Crippen MR) is 53.2 cm³/mol. The van der Waals surface area contributed by atoms with Crippen LogP contribution in [0.2, 0.25) is 0 Å². The Kier molecular flexibility index (Phi) is 2.37. The molecule has 0 saturated heterocycles. The van der Waals surface area contributed by atoms with Gasteiger partial charge in [0.2, 0.25) is 0 Å². The molecule has 76 valence electrons. The van der Waals surface area contributed by atoms with Gasteiger partial charge < -0.3 is 10.8 Å². The maximum absolute atomic E-state index is 10.1. The first kappa shape index (κ1) is 9.47. The SMILES string of the molecule is CCC(O)C1(CN)CC2CCC1C2. The van der Waals surface area contributed by atoms with Crippen molar-refractivity contribution in [2.24, 2.45) is 23.0 Å². The molecule has 2 aliphatic carbocycles. The van der Waals surface area contributed by atoms with E-state index in [2.05, 4.69) is 6.92 Å². The Morgan fingerprint density at radius 3 is 2.69 bits per heavy atom. The van der Waals surface area contributed by atoms with Crippen LogP contribution in [0.4, 0.5) is 0 Å². The van der Waals surface area contributed by atoms with Gasteiger partial charge in [-0.1, -0.05) is 13.3 Å². The van der Waals surface area contributed by atoms with Crippen LogP contribution in [0, 0.1) is 17.3 Å². The number of fused-ring (bicyclic) bond motifs is 2. The van der Waals surface area contributed by atoms with Gasteiger partial charge >= 0.3 is 0 Å². The van der Waals surface area contributed by atoms with Crippen molar-refractivity contribution < 1.29 is 5.11 Å². The largest absolute Gasteiger partial charge is 0.393 e. The highest BCUT2D eigenvalue weighted by Gasteiger charge is 2.53. The maximum Gasteiger partial charge on any atom is 0.0608 e. The van der Waals surface area contributed by atoms with Crippen molar-refractivity contribution in [1.29, 1.82) is 0 Å². The predicted octanol–water partition coefficient (Wildman–Crippen LogP) is 1.52. The molecule has 4 unspecified atom stereocenters. The fourth-order valence-electron chi connectivity index (χ4n) is 3.69. The molecule has 2 bridgehead atoms. The Morgan fingerprint density at radius 2 is 2.31 bits per heavy atom. The summed E-state index contributed by atoms with van der Waals surface area (Å²) in [6.07, 6.45) is 5.90. The molecule has 0 amide bonds. The van der Waals surface area contributed by atoms with Gasteiger partial charge in [-0.05, 0) is 37.5 Å². The van der Waals surface area contributed by atoms with E-state index in [1.54, 1.807) is 0 Å². The van der Waals surface area contributed by atoms with Gasteiger partial charge in [-0.15, -0.1) is 0 Å². The lowest BCUT2D eigenvalue weighted by Crippen LogP contribution is -2.45. The van der Waals surface area contributed by atoms with E-state index in [1.807, 2.05) is 0 Å². The van der Waals surface area contributed by atoms with Gasteiger partial charge in [0.05, 0.1) is 6.10 Å². The number of hydrogen-bond acceptors (Lipinski definition) is 2. The highest BCUT2D eigenvalue weighted by atomic mass is 16.3. The molecule has 0 radical (unpaired) electrons. The summed E-state index contributed by atoms with van der Waals surface area (Å²) in [6, 6.07) is 0. The molecule has 3 N–H and O–H groups in total. The topological polar surface area (TPSA) is 46.2 Å². The molecular weight excluding hydrogens is 162 g/mol. The first-order valence-corrected chi connectivity index (χ1v) is 5.61. The van der Waals surface area contributed by atoms with Gasteiger partial charge in [0.25, 0.3) is 0 Å². The molecule has 0 aromatic rings. The van der Waals surface area contributed by atoms with Gasteiger partial charge in [0.15, 0.2) is 0 Å². The summed E-state index contributed by atoms with van der Waals surface area (Å²) in [6.45, 7) is 2.75. The van der Waals surface area contributed by atoms with Crippen LogP contribution in [0.1, 0.15) is 39.0 Å². The average molecular weight is 183 g/mol. The Balaban J connectivity index is 2.16.